The molecular weight excluding hydrogens is 378 g/mol. The molecule has 29 heavy (non-hydrogen) atoms. The van der Waals surface area contributed by atoms with Crippen molar-refractivity contribution in [1.82, 2.24) is 9.80 Å². The predicted molar refractivity (Wildman–Crippen MR) is 108 cm³/mol. The number of carbonyl (C=O) groups excluding carboxylic acids is 2. The van der Waals surface area contributed by atoms with Crippen LogP contribution in [0.4, 0.5) is 20.2 Å². The molecule has 8 heteroatoms. The first-order valence-corrected chi connectivity index (χ1v) is 9.49. The van der Waals surface area contributed by atoms with Crippen LogP contribution >= 0.6 is 0 Å². The molecule has 1 saturated heterocycles. The largest absolute Gasteiger partial charge is 0.325 e. The Morgan fingerprint density at radius 3 is 2.03 bits per heavy atom. The minimum absolute atomic E-state index is 0.201. The lowest BCUT2D eigenvalue weighted by atomic mass is 10.2. The van der Waals surface area contributed by atoms with E-state index in [4.69, 9.17) is 0 Å². The van der Waals surface area contributed by atoms with E-state index in [0.29, 0.717) is 37.6 Å². The molecule has 0 aliphatic carbocycles. The molecular formula is C21H24F2N4O2. The van der Waals surface area contributed by atoms with Crippen LogP contribution in [0.2, 0.25) is 0 Å². The molecule has 0 bridgehead atoms. The molecule has 1 aliphatic heterocycles. The number of amides is 2. The molecule has 0 saturated carbocycles. The summed E-state index contributed by atoms with van der Waals surface area (Å²) in [5.41, 5.74) is 0.853. The summed E-state index contributed by atoms with van der Waals surface area (Å²) in [5.74, 6) is -1.21. The third kappa shape index (κ3) is 6.07. The molecule has 154 valence electrons. The maximum absolute atomic E-state index is 13.3. The van der Waals surface area contributed by atoms with Gasteiger partial charge < -0.3 is 10.6 Å². The van der Waals surface area contributed by atoms with Crippen molar-refractivity contribution in [2.24, 2.45) is 0 Å². The Labute approximate surface area is 168 Å². The van der Waals surface area contributed by atoms with Gasteiger partial charge in [0, 0.05) is 37.6 Å². The third-order valence-corrected chi connectivity index (χ3v) is 4.90. The van der Waals surface area contributed by atoms with Gasteiger partial charge in [0.05, 0.1) is 12.6 Å². The van der Waals surface area contributed by atoms with E-state index >= 15 is 0 Å². The highest BCUT2D eigenvalue weighted by atomic mass is 19.1. The Balaban J connectivity index is 1.44. The maximum Gasteiger partial charge on any atom is 0.241 e. The van der Waals surface area contributed by atoms with Crippen LogP contribution in [-0.4, -0.2) is 60.4 Å². The van der Waals surface area contributed by atoms with Crippen molar-refractivity contribution in [3.05, 3.63) is 60.2 Å². The Kier molecular flexibility index (Phi) is 6.90. The molecule has 2 aromatic rings. The van der Waals surface area contributed by atoms with Crippen LogP contribution in [0, 0.1) is 11.6 Å². The normalized spacial score (nSPS) is 16.2. The molecule has 0 spiro atoms. The number of carbonyl (C=O) groups is 2. The summed E-state index contributed by atoms with van der Waals surface area (Å²) in [7, 11) is 0. The monoisotopic (exact) mass is 402 g/mol. The van der Waals surface area contributed by atoms with Crippen molar-refractivity contribution in [3.63, 3.8) is 0 Å². The number of anilines is 2. The number of nitrogens with one attached hydrogen (secondary N) is 2. The van der Waals surface area contributed by atoms with E-state index in [1.54, 1.807) is 31.2 Å². The highest BCUT2D eigenvalue weighted by Crippen LogP contribution is 2.13. The summed E-state index contributed by atoms with van der Waals surface area (Å²) >= 11 is 0. The summed E-state index contributed by atoms with van der Waals surface area (Å²) in [4.78, 5) is 28.6. The zero-order valence-electron chi connectivity index (χ0n) is 16.2. The molecule has 1 aliphatic rings. The van der Waals surface area contributed by atoms with E-state index in [1.807, 2.05) is 9.80 Å². The Morgan fingerprint density at radius 2 is 1.48 bits per heavy atom. The van der Waals surface area contributed by atoms with Gasteiger partial charge in [0.15, 0.2) is 0 Å². The molecule has 0 aromatic heterocycles. The first kappa shape index (κ1) is 20.9. The molecule has 1 atom stereocenters. The van der Waals surface area contributed by atoms with E-state index in [1.165, 1.54) is 24.3 Å². The van der Waals surface area contributed by atoms with Crippen molar-refractivity contribution < 1.29 is 18.4 Å². The average molecular weight is 402 g/mol. The van der Waals surface area contributed by atoms with Crippen molar-refractivity contribution in [2.45, 2.75) is 13.0 Å². The molecule has 1 heterocycles. The fraction of sp³-hybridized carbons (Fsp3) is 0.333. The summed E-state index contributed by atoms with van der Waals surface area (Å²) in [6.45, 7) is 4.54. The van der Waals surface area contributed by atoms with Gasteiger partial charge in [0.1, 0.15) is 11.6 Å². The van der Waals surface area contributed by atoms with Gasteiger partial charge in [-0.1, -0.05) is 12.1 Å². The average Bonchev–Trinajstić information content (AvgIpc) is 2.68. The molecule has 1 unspecified atom stereocenters. The maximum atomic E-state index is 13.3. The lowest BCUT2D eigenvalue weighted by Gasteiger charge is -2.37. The second kappa shape index (κ2) is 9.58. The van der Waals surface area contributed by atoms with Crippen molar-refractivity contribution >= 4 is 23.2 Å². The lowest BCUT2D eigenvalue weighted by Crippen LogP contribution is -2.53. The third-order valence-electron chi connectivity index (χ3n) is 4.90. The number of rotatable bonds is 6. The highest BCUT2D eigenvalue weighted by Gasteiger charge is 2.26. The van der Waals surface area contributed by atoms with E-state index in [9.17, 15) is 18.4 Å². The molecule has 2 aromatic carbocycles. The van der Waals surface area contributed by atoms with Crippen LogP contribution in [0.15, 0.2) is 48.5 Å². The first-order valence-electron chi connectivity index (χ1n) is 9.49. The zero-order valence-corrected chi connectivity index (χ0v) is 16.2. The van der Waals surface area contributed by atoms with Crippen molar-refractivity contribution in [2.75, 3.05) is 43.4 Å². The second-order valence-corrected chi connectivity index (χ2v) is 7.05. The van der Waals surface area contributed by atoms with Gasteiger partial charge in [-0.15, -0.1) is 0 Å². The summed E-state index contributed by atoms with van der Waals surface area (Å²) in [5, 5.41) is 5.41. The fourth-order valence-electron chi connectivity index (χ4n) is 3.26. The lowest BCUT2D eigenvalue weighted by molar-refractivity contribution is -0.122. The predicted octanol–water partition coefficient (Wildman–Crippen LogP) is 2.55. The molecule has 0 radical (unpaired) electrons. The van der Waals surface area contributed by atoms with Crippen LogP contribution < -0.4 is 10.6 Å². The molecule has 3 rings (SSSR count). The topological polar surface area (TPSA) is 64.7 Å². The number of piperazine rings is 1. The Morgan fingerprint density at radius 1 is 0.931 bits per heavy atom. The SMILES string of the molecule is CC(C(=O)Nc1cccc(F)c1)N1CCN(CC(=O)Nc2cccc(F)c2)CC1. The second-order valence-electron chi connectivity index (χ2n) is 7.05. The molecule has 2 N–H and O–H groups in total. The molecule has 6 nitrogen and oxygen atoms in total. The molecule has 1 fully saturated rings. The van der Waals surface area contributed by atoms with Gasteiger partial charge >= 0.3 is 0 Å². The van der Waals surface area contributed by atoms with Crippen LogP contribution in [0.25, 0.3) is 0 Å². The van der Waals surface area contributed by atoms with Crippen LogP contribution in [0.5, 0.6) is 0 Å². The van der Waals surface area contributed by atoms with Crippen LogP contribution in [0.1, 0.15) is 6.92 Å². The summed E-state index contributed by atoms with van der Waals surface area (Å²) in [6.07, 6.45) is 0. The Bertz CT molecular complexity index is 869. The van der Waals surface area contributed by atoms with E-state index in [2.05, 4.69) is 10.6 Å². The number of halogens is 2. The quantitative estimate of drug-likeness (QED) is 0.780. The minimum Gasteiger partial charge on any atom is -0.325 e. The standard InChI is InChI=1S/C21H24F2N4O2/c1-15(21(29)25-19-7-3-5-17(23)13-19)27-10-8-26(9-11-27)14-20(28)24-18-6-2-4-16(22)12-18/h2-7,12-13,15H,8-11,14H2,1H3,(H,24,28)(H,25,29). The minimum atomic E-state index is -0.402. The summed E-state index contributed by atoms with van der Waals surface area (Å²) < 4.78 is 26.5. The van der Waals surface area contributed by atoms with E-state index in [0.717, 1.165) is 0 Å². The van der Waals surface area contributed by atoms with Gasteiger partial charge in [0.2, 0.25) is 11.8 Å². The Hall–Kier alpha value is -2.84. The first-order chi connectivity index (χ1) is 13.9. The van der Waals surface area contributed by atoms with E-state index in [-0.39, 0.29) is 24.4 Å². The van der Waals surface area contributed by atoms with Gasteiger partial charge in [-0.05, 0) is 43.3 Å². The zero-order chi connectivity index (χ0) is 20.8. The van der Waals surface area contributed by atoms with Gasteiger partial charge in [-0.3, -0.25) is 19.4 Å². The van der Waals surface area contributed by atoms with Gasteiger partial charge in [-0.2, -0.15) is 0 Å². The number of hydrogen-bond donors (Lipinski definition) is 2. The smallest absolute Gasteiger partial charge is 0.241 e. The summed E-state index contributed by atoms with van der Waals surface area (Å²) in [6, 6.07) is 11.2. The molecule has 2 amide bonds. The van der Waals surface area contributed by atoms with E-state index < -0.39 is 11.6 Å². The number of benzene rings is 2. The van der Waals surface area contributed by atoms with Crippen LogP contribution in [-0.2, 0) is 9.59 Å². The van der Waals surface area contributed by atoms with Gasteiger partial charge in [0.25, 0.3) is 0 Å². The van der Waals surface area contributed by atoms with Crippen LogP contribution in [0.3, 0.4) is 0 Å². The van der Waals surface area contributed by atoms with Gasteiger partial charge in [-0.25, -0.2) is 8.78 Å². The number of hydrogen-bond acceptors (Lipinski definition) is 4. The highest BCUT2D eigenvalue weighted by molar-refractivity contribution is 5.94. The van der Waals surface area contributed by atoms with Crippen molar-refractivity contribution in [3.8, 4) is 0 Å². The number of nitrogens with zero attached hydrogens (tertiary/aromatic N) is 2. The van der Waals surface area contributed by atoms with Crippen molar-refractivity contribution in [1.29, 1.82) is 0 Å². The fourth-order valence-corrected chi connectivity index (χ4v) is 3.26.